The smallest absolute Gasteiger partial charge is 0.275 e. The van der Waals surface area contributed by atoms with Crippen molar-refractivity contribution in [1.29, 1.82) is 0 Å². The maximum absolute atomic E-state index is 12.5. The summed E-state index contributed by atoms with van der Waals surface area (Å²) in [6.07, 6.45) is 6.13. The molecule has 0 aliphatic rings. The SMILES string of the molecule is Cn1ncc2c(C(=O)Nc3cnn(-c4ccccc4Cl)c3)ncnc21. The number of rotatable bonds is 3. The number of hydrogen-bond acceptors (Lipinski definition) is 5. The highest BCUT2D eigenvalue weighted by Gasteiger charge is 2.16. The Morgan fingerprint density at radius 2 is 2.00 bits per heavy atom. The molecule has 0 radical (unpaired) electrons. The quantitative estimate of drug-likeness (QED) is 0.611. The lowest BCUT2D eigenvalue weighted by atomic mass is 10.3. The monoisotopic (exact) mass is 353 g/mol. The van der Waals surface area contributed by atoms with Gasteiger partial charge in [0.1, 0.15) is 12.0 Å². The molecular weight excluding hydrogens is 342 g/mol. The molecule has 0 bridgehead atoms. The van der Waals surface area contributed by atoms with Crippen molar-refractivity contribution in [3.05, 3.63) is 59.9 Å². The van der Waals surface area contributed by atoms with Gasteiger partial charge in [-0.2, -0.15) is 10.2 Å². The number of halogens is 1. The zero-order valence-corrected chi connectivity index (χ0v) is 13.8. The van der Waals surface area contributed by atoms with E-state index in [-0.39, 0.29) is 11.6 Å². The van der Waals surface area contributed by atoms with Gasteiger partial charge in [-0.3, -0.25) is 9.48 Å². The number of nitrogens with one attached hydrogen (secondary N) is 1. The van der Waals surface area contributed by atoms with Crippen LogP contribution < -0.4 is 5.32 Å². The van der Waals surface area contributed by atoms with Gasteiger partial charge in [0.05, 0.1) is 40.4 Å². The van der Waals surface area contributed by atoms with Crippen LogP contribution in [0.1, 0.15) is 10.5 Å². The van der Waals surface area contributed by atoms with E-state index in [0.717, 1.165) is 5.69 Å². The number of amides is 1. The number of nitrogens with zero attached hydrogens (tertiary/aromatic N) is 6. The summed E-state index contributed by atoms with van der Waals surface area (Å²) in [5.41, 5.74) is 2.09. The normalized spacial score (nSPS) is 11.0. The Morgan fingerprint density at radius 3 is 2.84 bits per heavy atom. The first-order chi connectivity index (χ1) is 12.1. The fraction of sp³-hybridized carbons (Fsp3) is 0.0625. The van der Waals surface area contributed by atoms with Crippen LogP contribution in [0.3, 0.4) is 0 Å². The Labute approximate surface area is 147 Å². The van der Waals surface area contributed by atoms with Gasteiger partial charge in [0.15, 0.2) is 5.65 Å². The Balaban J connectivity index is 1.62. The third-order valence-electron chi connectivity index (χ3n) is 3.68. The Bertz CT molecular complexity index is 1080. The molecular formula is C16H12ClN7O. The van der Waals surface area contributed by atoms with Crippen LogP contribution in [-0.4, -0.2) is 35.4 Å². The molecule has 1 aromatic carbocycles. The van der Waals surface area contributed by atoms with E-state index < -0.39 is 0 Å². The van der Waals surface area contributed by atoms with Gasteiger partial charge in [0.25, 0.3) is 5.91 Å². The highest BCUT2D eigenvalue weighted by molar-refractivity contribution is 6.32. The molecule has 0 spiro atoms. The second kappa shape index (κ2) is 5.99. The maximum Gasteiger partial charge on any atom is 0.275 e. The molecule has 124 valence electrons. The largest absolute Gasteiger partial charge is 0.318 e. The molecule has 0 aliphatic heterocycles. The Kier molecular flexibility index (Phi) is 3.66. The predicted molar refractivity (Wildman–Crippen MR) is 92.8 cm³/mol. The average Bonchev–Trinajstić information content (AvgIpc) is 3.22. The lowest BCUT2D eigenvalue weighted by Crippen LogP contribution is -2.14. The number of anilines is 1. The first kappa shape index (κ1) is 15.3. The van der Waals surface area contributed by atoms with E-state index in [2.05, 4.69) is 25.5 Å². The van der Waals surface area contributed by atoms with Gasteiger partial charge in [-0.1, -0.05) is 23.7 Å². The molecule has 1 N–H and O–H groups in total. The van der Waals surface area contributed by atoms with Gasteiger partial charge in [0.2, 0.25) is 0 Å². The van der Waals surface area contributed by atoms with E-state index >= 15 is 0 Å². The van der Waals surface area contributed by atoms with Crippen molar-refractivity contribution in [3.63, 3.8) is 0 Å². The van der Waals surface area contributed by atoms with E-state index in [1.54, 1.807) is 41.1 Å². The van der Waals surface area contributed by atoms with Gasteiger partial charge in [0, 0.05) is 7.05 Å². The van der Waals surface area contributed by atoms with Crippen LogP contribution in [0, 0.1) is 0 Å². The molecule has 25 heavy (non-hydrogen) atoms. The molecule has 1 amide bonds. The summed E-state index contributed by atoms with van der Waals surface area (Å²) in [6, 6.07) is 7.31. The van der Waals surface area contributed by atoms with E-state index in [1.807, 2.05) is 18.2 Å². The number of hydrogen-bond donors (Lipinski definition) is 1. The maximum atomic E-state index is 12.5. The summed E-state index contributed by atoms with van der Waals surface area (Å²) >= 11 is 6.16. The number of para-hydroxylation sites is 1. The number of carbonyl (C=O) groups excluding carboxylic acids is 1. The second-order valence-electron chi connectivity index (χ2n) is 5.31. The number of aryl methyl sites for hydroxylation is 1. The number of benzene rings is 1. The van der Waals surface area contributed by atoms with Crippen molar-refractivity contribution < 1.29 is 4.79 Å². The second-order valence-corrected chi connectivity index (χ2v) is 5.71. The fourth-order valence-electron chi connectivity index (χ4n) is 2.49. The summed E-state index contributed by atoms with van der Waals surface area (Å²) in [7, 11) is 1.75. The zero-order valence-electron chi connectivity index (χ0n) is 13.1. The zero-order chi connectivity index (χ0) is 17.4. The minimum Gasteiger partial charge on any atom is -0.318 e. The van der Waals surface area contributed by atoms with Gasteiger partial charge in [-0.05, 0) is 12.1 Å². The molecule has 3 heterocycles. The Hall–Kier alpha value is -3.26. The molecule has 9 heteroatoms. The van der Waals surface area contributed by atoms with Crippen LogP contribution >= 0.6 is 11.6 Å². The van der Waals surface area contributed by atoms with E-state index in [1.165, 1.54) is 6.33 Å². The lowest BCUT2D eigenvalue weighted by molar-refractivity contribution is 0.102. The summed E-state index contributed by atoms with van der Waals surface area (Å²) < 4.78 is 3.18. The molecule has 3 aromatic heterocycles. The van der Waals surface area contributed by atoms with Crippen molar-refractivity contribution in [1.82, 2.24) is 29.5 Å². The first-order valence-electron chi connectivity index (χ1n) is 7.37. The molecule has 8 nitrogen and oxygen atoms in total. The summed E-state index contributed by atoms with van der Waals surface area (Å²) in [5.74, 6) is -0.362. The highest BCUT2D eigenvalue weighted by atomic mass is 35.5. The van der Waals surface area contributed by atoms with Crippen molar-refractivity contribution >= 4 is 34.2 Å². The molecule has 0 saturated carbocycles. The summed E-state index contributed by atoms with van der Waals surface area (Å²) in [6.45, 7) is 0. The van der Waals surface area contributed by atoms with Gasteiger partial charge in [-0.25, -0.2) is 14.6 Å². The molecule has 0 fully saturated rings. The van der Waals surface area contributed by atoms with Crippen LogP contribution in [0.25, 0.3) is 16.7 Å². The van der Waals surface area contributed by atoms with Crippen molar-refractivity contribution in [2.45, 2.75) is 0 Å². The summed E-state index contributed by atoms with van der Waals surface area (Å²) in [5, 5.41) is 12.3. The van der Waals surface area contributed by atoms with Crippen LogP contribution in [0.5, 0.6) is 0 Å². The van der Waals surface area contributed by atoms with E-state index in [0.29, 0.717) is 21.7 Å². The first-order valence-corrected chi connectivity index (χ1v) is 7.75. The van der Waals surface area contributed by atoms with Crippen LogP contribution in [0.15, 0.2) is 49.2 Å². The van der Waals surface area contributed by atoms with E-state index in [9.17, 15) is 4.79 Å². The topological polar surface area (TPSA) is 90.5 Å². The predicted octanol–water partition coefficient (Wildman–Crippen LogP) is 2.45. The van der Waals surface area contributed by atoms with Crippen molar-refractivity contribution in [2.24, 2.45) is 7.05 Å². The lowest BCUT2D eigenvalue weighted by Gasteiger charge is -2.04. The van der Waals surface area contributed by atoms with Crippen LogP contribution in [0.2, 0.25) is 5.02 Å². The minimum absolute atomic E-state index is 0.253. The van der Waals surface area contributed by atoms with Crippen LogP contribution in [-0.2, 0) is 7.05 Å². The molecule has 0 unspecified atom stereocenters. The fourth-order valence-corrected chi connectivity index (χ4v) is 2.71. The molecule has 4 rings (SSSR count). The number of carbonyl (C=O) groups is 1. The standard InChI is InChI=1S/C16H12ClN7O/c1-23-15-11(7-20-23)14(18-9-19-15)16(25)22-10-6-21-24(8-10)13-5-3-2-4-12(13)17/h2-9H,1H3,(H,22,25). The van der Waals surface area contributed by atoms with Gasteiger partial charge >= 0.3 is 0 Å². The number of aromatic nitrogens is 6. The molecule has 0 atom stereocenters. The van der Waals surface area contributed by atoms with Gasteiger partial charge in [-0.15, -0.1) is 0 Å². The summed E-state index contributed by atoms with van der Waals surface area (Å²) in [4.78, 5) is 20.7. The highest BCUT2D eigenvalue weighted by Crippen LogP contribution is 2.21. The van der Waals surface area contributed by atoms with Crippen molar-refractivity contribution in [2.75, 3.05) is 5.32 Å². The number of fused-ring (bicyclic) bond motifs is 1. The average molecular weight is 354 g/mol. The third kappa shape index (κ3) is 2.72. The van der Waals surface area contributed by atoms with Crippen LogP contribution in [0.4, 0.5) is 5.69 Å². The molecule has 0 aliphatic carbocycles. The molecule has 4 aromatic rings. The van der Waals surface area contributed by atoms with E-state index in [4.69, 9.17) is 11.6 Å². The van der Waals surface area contributed by atoms with Crippen molar-refractivity contribution in [3.8, 4) is 5.69 Å². The Morgan fingerprint density at radius 1 is 1.16 bits per heavy atom. The minimum atomic E-state index is -0.362. The van der Waals surface area contributed by atoms with Gasteiger partial charge < -0.3 is 5.32 Å². The third-order valence-corrected chi connectivity index (χ3v) is 4.00. The molecule has 0 saturated heterocycles.